The summed E-state index contributed by atoms with van der Waals surface area (Å²) >= 11 is 1.42. The highest BCUT2D eigenvalue weighted by Gasteiger charge is 2.25. The van der Waals surface area contributed by atoms with Crippen LogP contribution in [-0.4, -0.2) is 56.6 Å². The topological polar surface area (TPSA) is 119 Å². The molecule has 3 rings (SSSR count). The van der Waals surface area contributed by atoms with Gasteiger partial charge in [0.05, 0.1) is 4.88 Å². The van der Waals surface area contributed by atoms with Crippen molar-refractivity contribution in [1.82, 2.24) is 30.4 Å². The lowest BCUT2D eigenvalue weighted by atomic mass is 9.98. The summed E-state index contributed by atoms with van der Waals surface area (Å²) in [7, 11) is 0. The second kappa shape index (κ2) is 7.39. The standard InChI is InChI=1S/C14H19N7O2S/c15-14-17-18-19-21(14)9-12(22)20-5-1-3-10(8-20)7-16-13(23)11-4-2-6-24-11/h2,4,6,10H,1,3,5,7-9H2,(H,16,23)(H2,15,17,19). The number of nitrogens with two attached hydrogens (primary N) is 1. The number of hydrogen-bond acceptors (Lipinski definition) is 7. The number of nitrogen functional groups attached to an aromatic ring is 1. The molecule has 0 aliphatic carbocycles. The Balaban J connectivity index is 1.49. The quantitative estimate of drug-likeness (QED) is 0.783. The molecule has 1 saturated heterocycles. The molecule has 1 atom stereocenters. The van der Waals surface area contributed by atoms with Crippen LogP contribution in [0.3, 0.4) is 0 Å². The number of tetrazole rings is 1. The molecule has 0 aromatic carbocycles. The van der Waals surface area contributed by atoms with E-state index >= 15 is 0 Å². The number of likely N-dealkylation sites (tertiary alicyclic amines) is 1. The van der Waals surface area contributed by atoms with Gasteiger partial charge in [0.2, 0.25) is 11.9 Å². The van der Waals surface area contributed by atoms with E-state index in [0.717, 1.165) is 12.8 Å². The fourth-order valence-electron chi connectivity index (χ4n) is 2.74. The van der Waals surface area contributed by atoms with Crippen molar-refractivity contribution in [3.63, 3.8) is 0 Å². The Hall–Kier alpha value is -2.49. The van der Waals surface area contributed by atoms with Crippen molar-refractivity contribution in [1.29, 1.82) is 0 Å². The third-order valence-corrected chi connectivity index (χ3v) is 4.88. The van der Waals surface area contributed by atoms with Gasteiger partial charge in [-0.2, -0.15) is 0 Å². The van der Waals surface area contributed by atoms with E-state index < -0.39 is 0 Å². The number of nitrogens with zero attached hydrogens (tertiary/aromatic N) is 5. The van der Waals surface area contributed by atoms with Crippen molar-refractivity contribution in [3.05, 3.63) is 22.4 Å². The summed E-state index contributed by atoms with van der Waals surface area (Å²) in [5, 5.41) is 15.5. The van der Waals surface area contributed by atoms with Crippen molar-refractivity contribution in [3.8, 4) is 0 Å². The van der Waals surface area contributed by atoms with Gasteiger partial charge in [-0.15, -0.1) is 11.3 Å². The number of carbonyl (C=O) groups is 2. The van der Waals surface area contributed by atoms with Crippen molar-refractivity contribution in [2.45, 2.75) is 19.4 Å². The molecule has 10 heteroatoms. The van der Waals surface area contributed by atoms with E-state index in [2.05, 4.69) is 20.8 Å². The molecule has 1 unspecified atom stereocenters. The lowest BCUT2D eigenvalue weighted by molar-refractivity contribution is -0.133. The summed E-state index contributed by atoms with van der Waals surface area (Å²) in [5.74, 6) is 0.246. The Morgan fingerprint density at radius 2 is 2.33 bits per heavy atom. The Bertz CT molecular complexity index is 700. The third-order valence-electron chi connectivity index (χ3n) is 4.01. The van der Waals surface area contributed by atoms with Gasteiger partial charge in [-0.3, -0.25) is 9.59 Å². The first-order valence-electron chi connectivity index (χ1n) is 7.74. The van der Waals surface area contributed by atoms with E-state index in [9.17, 15) is 9.59 Å². The second-order valence-corrected chi connectivity index (χ2v) is 6.68. The number of carbonyl (C=O) groups excluding carboxylic acids is 2. The van der Waals surface area contributed by atoms with Crippen LogP contribution in [0.1, 0.15) is 22.5 Å². The van der Waals surface area contributed by atoms with E-state index in [1.807, 2.05) is 11.4 Å². The van der Waals surface area contributed by atoms with E-state index in [-0.39, 0.29) is 30.2 Å². The minimum atomic E-state index is -0.0664. The van der Waals surface area contributed by atoms with Gasteiger partial charge in [0.25, 0.3) is 5.91 Å². The monoisotopic (exact) mass is 349 g/mol. The van der Waals surface area contributed by atoms with Gasteiger partial charge in [-0.1, -0.05) is 11.2 Å². The molecular weight excluding hydrogens is 330 g/mol. The number of hydrogen-bond donors (Lipinski definition) is 2. The molecule has 0 saturated carbocycles. The zero-order valence-corrected chi connectivity index (χ0v) is 13.9. The maximum absolute atomic E-state index is 12.4. The molecule has 9 nitrogen and oxygen atoms in total. The largest absolute Gasteiger partial charge is 0.367 e. The highest BCUT2D eigenvalue weighted by molar-refractivity contribution is 7.12. The molecule has 128 valence electrons. The Morgan fingerprint density at radius 3 is 3.04 bits per heavy atom. The van der Waals surface area contributed by atoms with Crippen molar-refractivity contribution in [2.75, 3.05) is 25.4 Å². The van der Waals surface area contributed by atoms with Gasteiger partial charge in [0, 0.05) is 19.6 Å². The molecule has 1 aliphatic rings. The molecule has 2 aromatic heterocycles. The first kappa shape index (κ1) is 16.4. The number of thiophene rings is 1. The van der Waals surface area contributed by atoms with Gasteiger partial charge in [-0.05, 0) is 40.6 Å². The summed E-state index contributed by atoms with van der Waals surface area (Å²) in [6.07, 6.45) is 1.90. The van der Waals surface area contributed by atoms with Crippen LogP contribution >= 0.6 is 11.3 Å². The Morgan fingerprint density at radius 1 is 1.46 bits per heavy atom. The summed E-state index contributed by atoms with van der Waals surface area (Å²) in [6, 6.07) is 3.65. The average molecular weight is 349 g/mol. The number of rotatable bonds is 5. The summed E-state index contributed by atoms with van der Waals surface area (Å²) in [4.78, 5) is 26.8. The number of nitrogens with one attached hydrogen (secondary N) is 1. The molecule has 0 bridgehead atoms. The van der Waals surface area contributed by atoms with E-state index in [4.69, 9.17) is 5.73 Å². The van der Waals surface area contributed by atoms with Crippen LogP contribution in [0.5, 0.6) is 0 Å². The number of anilines is 1. The van der Waals surface area contributed by atoms with Crippen LogP contribution < -0.4 is 11.1 Å². The number of aromatic nitrogens is 4. The molecule has 1 aliphatic heterocycles. The molecule has 2 aromatic rings. The number of amides is 2. The molecular formula is C14H19N7O2S. The first-order chi connectivity index (χ1) is 11.6. The lowest BCUT2D eigenvalue weighted by Crippen LogP contribution is -2.44. The van der Waals surface area contributed by atoms with Crippen molar-refractivity contribution >= 4 is 29.1 Å². The predicted molar refractivity (Wildman–Crippen MR) is 88.2 cm³/mol. The molecule has 2 amide bonds. The summed E-state index contributed by atoms with van der Waals surface area (Å²) in [5.41, 5.74) is 5.58. The van der Waals surface area contributed by atoms with Crippen LogP contribution in [0.15, 0.2) is 17.5 Å². The van der Waals surface area contributed by atoms with Crippen LogP contribution in [0, 0.1) is 5.92 Å². The highest BCUT2D eigenvalue weighted by atomic mass is 32.1. The van der Waals surface area contributed by atoms with E-state index in [0.29, 0.717) is 24.5 Å². The van der Waals surface area contributed by atoms with Crippen molar-refractivity contribution in [2.24, 2.45) is 5.92 Å². The Kier molecular flexibility index (Phi) is 5.04. The van der Waals surface area contributed by atoms with Gasteiger partial charge in [0.15, 0.2) is 0 Å². The molecule has 0 radical (unpaired) electrons. The van der Waals surface area contributed by atoms with Crippen LogP contribution in [0.4, 0.5) is 5.95 Å². The molecule has 1 fully saturated rings. The minimum Gasteiger partial charge on any atom is -0.367 e. The van der Waals surface area contributed by atoms with Crippen molar-refractivity contribution < 1.29 is 9.59 Å². The van der Waals surface area contributed by atoms with Crippen LogP contribution in [-0.2, 0) is 11.3 Å². The second-order valence-electron chi connectivity index (χ2n) is 5.73. The van der Waals surface area contributed by atoms with E-state index in [1.54, 1.807) is 11.0 Å². The average Bonchev–Trinajstić information content (AvgIpc) is 3.25. The predicted octanol–water partition coefficient (Wildman–Crippen LogP) is -0.0146. The first-order valence-corrected chi connectivity index (χ1v) is 8.62. The van der Waals surface area contributed by atoms with Crippen LogP contribution in [0.25, 0.3) is 0 Å². The lowest BCUT2D eigenvalue weighted by Gasteiger charge is -2.32. The van der Waals surface area contributed by atoms with Gasteiger partial charge in [0.1, 0.15) is 6.54 Å². The zero-order chi connectivity index (χ0) is 16.9. The molecule has 3 N–H and O–H groups in total. The molecule has 3 heterocycles. The summed E-state index contributed by atoms with van der Waals surface area (Å²) < 4.78 is 1.28. The SMILES string of the molecule is Nc1nnnn1CC(=O)N1CCCC(CNC(=O)c2cccs2)C1. The van der Waals surface area contributed by atoms with Gasteiger partial charge in [-0.25, -0.2) is 4.68 Å². The fourth-order valence-corrected chi connectivity index (χ4v) is 3.38. The minimum absolute atomic E-state index is 0.0348. The van der Waals surface area contributed by atoms with E-state index in [1.165, 1.54) is 16.0 Å². The van der Waals surface area contributed by atoms with Gasteiger partial charge < -0.3 is 16.0 Å². The van der Waals surface area contributed by atoms with Gasteiger partial charge >= 0.3 is 0 Å². The zero-order valence-electron chi connectivity index (χ0n) is 13.1. The summed E-state index contributed by atoms with van der Waals surface area (Å²) in [6.45, 7) is 1.92. The maximum Gasteiger partial charge on any atom is 0.261 e. The third kappa shape index (κ3) is 3.88. The normalized spacial score (nSPS) is 17.7. The number of piperidine rings is 1. The maximum atomic E-state index is 12.4. The fraction of sp³-hybridized carbons (Fsp3) is 0.500. The smallest absolute Gasteiger partial charge is 0.261 e. The molecule has 24 heavy (non-hydrogen) atoms. The molecule has 0 spiro atoms. The van der Waals surface area contributed by atoms with Crippen LogP contribution in [0.2, 0.25) is 0 Å². The Labute approximate surface area is 142 Å². The highest BCUT2D eigenvalue weighted by Crippen LogP contribution is 2.17.